The molecule has 0 aliphatic heterocycles. The summed E-state index contributed by atoms with van der Waals surface area (Å²) < 4.78 is 24.8. The van der Waals surface area contributed by atoms with Crippen LogP contribution in [-0.2, 0) is 20.4 Å². The Balaban J connectivity index is 2.17. The monoisotopic (exact) mass is 332 g/mol. The smallest absolute Gasteiger partial charge is 0.308 e. The molecule has 2 atom stereocenters. The SMILES string of the molecule is C[C@H](c1ccccc1)[C@H](CS(=O)(=O)Cc1ccccc1)C(=O)O. The topological polar surface area (TPSA) is 71.4 Å². The molecule has 4 nitrogen and oxygen atoms in total. The van der Waals surface area contributed by atoms with Gasteiger partial charge in [0, 0.05) is 0 Å². The van der Waals surface area contributed by atoms with E-state index < -0.39 is 21.7 Å². The lowest BCUT2D eigenvalue weighted by molar-refractivity contribution is -0.141. The first-order valence-electron chi connectivity index (χ1n) is 7.41. The second-order valence-electron chi connectivity index (χ2n) is 5.68. The minimum Gasteiger partial charge on any atom is -0.481 e. The molecule has 23 heavy (non-hydrogen) atoms. The second kappa shape index (κ2) is 7.42. The zero-order valence-electron chi connectivity index (χ0n) is 12.9. The van der Waals surface area contributed by atoms with Gasteiger partial charge in [0.2, 0.25) is 0 Å². The van der Waals surface area contributed by atoms with Gasteiger partial charge < -0.3 is 5.11 Å². The van der Waals surface area contributed by atoms with Crippen LogP contribution in [0.1, 0.15) is 24.0 Å². The van der Waals surface area contributed by atoms with E-state index in [-0.39, 0.29) is 17.4 Å². The Morgan fingerprint density at radius 1 is 1.00 bits per heavy atom. The van der Waals surface area contributed by atoms with Crippen molar-refractivity contribution < 1.29 is 18.3 Å². The van der Waals surface area contributed by atoms with Crippen molar-refractivity contribution in [3.05, 3.63) is 71.8 Å². The van der Waals surface area contributed by atoms with Crippen molar-refractivity contribution in [2.75, 3.05) is 5.75 Å². The Bertz CT molecular complexity index is 739. The van der Waals surface area contributed by atoms with Crippen molar-refractivity contribution >= 4 is 15.8 Å². The van der Waals surface area contributed by atoms with Crippen molar-refractivity contribution in [1.29, 1.82) is 0 Å². The average molecular weight is 332 g/mol. The number of carboxylic acid groups (broad SMARTS) is 1. The van der Waals surface area contributed by atoms with Gasteiger partial charge in [-0.3, -0.25) is 4.79 Å². The van der Waals surface area contributed by atoms with Crippen LogP contribution in [0.5, 0.6) is 0 Å². The molecule has 2 aromatic carbocycles. The van der Waals surface area contributed by atoms with Crippen LogP contribution in [-0.4, -0.2) is 25.2 Å². The molecule has 0 aliphatic rings. The Labute approximate surface area is 136 Å². The van der Waals surface area contributed by atoms with Gasteiger partial charge in [-0.05, 0) is 17.0 Å². The fraction of sp³-hybridized carbons (Fsp3) is 0.278. The van der Waals surface area contributed by atoms with E-state index in [1.807, 2.05) is 36.4 Å². The summed E-state index contributed by atoms with van der Waals surface area (Å²) in [6.07, 6.45) is 0. The molecule has 0 saturated carbocycles. The Morgan fingerprint density at radius 3 is 2.04 bits per heavy atom. The summed E-state index contributed by atoms with van der Waals surface area (Å²) >= 11 is 0. The third-order valence-electron chi connectivity index (χ3n) is 3.91. The molecule has 0 unspecified atom stereocenters. The van der Waals surface area contributed by atoms with E-state index in [2.05, 4.69) is 0 Å². The molecule has 0 saturated heterocycles. The molecule has 1 N–H and O–H groups in total. The first-order chi connectivity index (χ1) is 10.9. The largest absolute Gasteiger partial charge is 0.481 e. The van der Waals surface area contributed by atoms with Gasteiger partial charge in [-0.1, -0.05) is 67.6 Å². The Morgan fingerprint density at radius 2 is 1.52 bits per heavy atom. The standard InChI is InChI=1S/C18H20O4S/c1-14(16-10-6-3-7-11-16)17(18(19)20)13-23(21,22)12-15-8-4-2-5-9-15/h2-11,14,17H,12-13H2,1H3,(H,19,20)/t14-,17+/m1/s1. The number of carbonyl (C=O) groups is 1. The van der Waals surface area contributed by atoms with E-state index in [9.17, 15) is 18.3 Å². The molecular formula is C18H20O4S. The first-order valence-corrected chi connectivity index (χ1v) is 9.23. The highest BCUT2D eigenvalue weighted by molar-refractivity contribution is 7.90. The van der Waals surface area contributed by atoms with Crippen molar-refractivity contribution in [2.45, 2.75) is 18.6 Å². The maximum atomic E-state index is 12.4. The lowest BCUT2D eigenvalue weighted by Gasteiger charge is -2.20. The van der Waals surface area contributed by atoms with Gasteiger partial charge in [-0.15, -0.1) is 0 Å². The number of aliphatic carboxylic acids is 1. The van der Waals surface area contributed by atoms with Crippen LogP contribution >= 0.6 is 0 Å². The maximum Gasteiger partial charge on any atom is 0.308 e. The fourth-order valence-corrected chi connectivity index (χ4v) is 4.38. The summed E-state index contributed by atoms with van der Waals surface area (Å²) in [6, 6.07) is 18.0. The summed E-state index contributed by atoms with van der Waals surface area (Å²) in [5.41, 5.74) is 1.50. The van der Waals surface area contributed by atoms with Crippen LogP contribution in [0.4, 0.5) is 0 Å². The quantitative estimate of drug-likeness (QED) is 0.845. The molecule has 0 fully saturated rings. The van der Waals surface area contributed by atoms with Crippen LogP contribution in [0.15, 0.2) is 60.7 Å². The highest BCUT2D eigenvalue weighted by atomic mass is 32.2. The molecule has 0 heterocycles. The second-order valence-corrected chi connectivity index (χ2v) is 7.79. The van der Waals surface area contributed by atoms with E-state index in [4.69, 9.17) is 0 Å². The molecule has 2 aromatic rings. The van der Waals surface area contributed by atoms with Crippen LogP contribution in [0.2, 0.25) is 0 Å². The number of hydrogen-bond donors (Lipinski definition) is 1. The molecule has 122 valence electrons. The van der Waals surface area contributed by atoms with Gasteiger partial charge in [0.1, 0.15) is 0 Å². The normalized spacial score (nSPS) is 14.1. The van der Waals surface area contributed by atoms with E-state index in [1.54, 1.807) is 31.2 Å². The molecule has 0 radical (unpaired) electrons. The van der Waals surface area contributed by atoms with Crippen LogP contribution in [0.3, 0.4) is 0 Å². The summed E-state index contributed by atoms with van der Waals surface area (Å²) in [6.45, 7) is 1.76. The summed E-state index contributed by atoms with van der Waals surface area (Å²) in [5, 5.41) is 9.47. The van der Waals surface area contributed by atoms with Crippen molar-refractivity contribution in [2.24, 2.45) is 5.92 Å². The van der Waals surface area contributed by atoms with E-state index in [0.29, 0.717) is 5.56 Å². The Kier molecular flexibility index (Phi) is 5.55. The average Bonchev–Trinajstić information content (AvgIpc) is 2.53. The van der Waals surface area contributed by atoms with Crippen molar-refractivity contribution in [3.63, 3.8) is 0 Å². The predicted octanol–water partition coefficient (Wildman–Crippen LogP) is 3.11. The predicted molar refractivity (Wildman–Crippen MR) is 89.9 cm³/mol. The highest BCUT2D eigenvalue weighted by Gasteiger charge is 2.31. The lowest BCUT2D eigenvalue weighted by atomic mass is 9.89. The maximum absolute atomic E-state index is 12.4. The summed E-state index contributed by atoms with van der Waals surface area (Å²) in [7, 11) is -3.51. The van der Waals surface area contributed by atoms with Gasteiger partial charge in [0.15, 0.2) is 9.84 Å². The van der Waals surface area contributed by atoms with E-state index in [0.717, 1.165) is 5.56 Å². The number of sulfone groups is 1. The van der Waals surface area contributed by atoms with Gasteiger partial charge in [0.25, 0.3) is 0 Å². The highest BCUT2D eigenvalue weighted by Crippen LogP contribution is 2.26. The molecule has 0 spiro atoms. The minimum absolute atomic E-state index is 0.140. The van der Waals surface area contributed by atoms with E-state index >= 15 is 0 Å². The summed E-state index contributed by atoms with van der Waals surface area (Å²) in [4.78, 5) is 11.6. The number of benzene rings is 2. The molecule has 0 bridgehead atoms. The van der Waals surface area contributed by atoms with Crippen LogP contribution in [0.25, 0.3) is 0 Å². The van der Waals surface area contributed by atoms with Gasteiger partial charge in [0.05, 0.1) is 17.4 Å². The Hall–Kier alpha value is -2.14. The fourth-order valence-electron chi connectivity index (χ4n) is 2.58. The van der Waals surface area contributed by atoms with Gasteiger partial charge in [-0.2, -0.15) is 0 Å². The third kappa shape index (κ3) is 4.93. The number of carboxylic acids is 1. The van der Waals surface area contributed by atoms with Gasteiger partial charge >= 0.3 is 5.97 Å². The van der Waals surface area contributed by atoms with Crippen molar-refractivity contribution in [3.8, 4) is 0 Å². The molecule has 0 aromatic heterocycles. The molecule has 5 heteroatoms. The zero-order chi connectivity index (χ0) is 16.9. The number of rotatable bonds is 7. The molecule has 0 aliphatic carbocycles. The molecular weight excluding hydrogens is 312 g/mol. The summed E-state index contributed by atoms with van der Waals surface area (Å²) in [5.74, 6) is -2.93. The third-order valence-corrected chi connectivity index (χ3v) is 5.55. The lowest BCUT2D eigenvalue weighted by Crippen LogP contribution is -2.29. The van der Waals surface area contributed by atoms with E-state index in [1.165, 1.54) is 0 Å². The molecule has 0 amide bonds. The minimum atomic E-state index is -3.51. The van der Waals surface area contributed by atoms with Crippen LogP contribution in [0, 0.1) is 5.92 Å². The molecule has 2 rings (SSSR count). The van der Waals surface area contributed by atoms with Crippen molar-refractivity contribution in [1.82, 2.24) is 0 Å². The first kappa shape index (κ1) is 17.2. The van der Waals surface area contributed by atoms with Gasteiger partial charge in [-0.25, -0.2) is 8.42 Å². The van der Waals surface area contributed by atoms with Crippen LogP contribution < -0.4 is 0 Å². The zero-order valence-corrected chi connectivity index (χ0v) is 13.7. The number of hydrogen-bond acceptors (Lipinski definition) is 3.